The van der Waals surface area contributed by atoms with Crippen LogP contribution in [-0.2, 0) is 12.6 Å². The van der Waals surface area contributed by atoms with Crippen LogP contribution in [0.1, 0.15) is 31.0 Å². The van der Waals surface area contributed by atoms with Crippen LogP contribution in [0.5, 0.6) is 0 Å². The van der Waals surface area contributed by atoms with Crippen molar-refractivity contribution in [2.45, 2.75) is 32.9 Å². The van der Waals surface area contributed by atoms with E-state index >= 15 is 0 Å². The number of alkyl halides is 3. The topological polar surface area (TPSA) is 52.5 Å². The fourth-order valence-corrected chi connectivity index (χ4v) is 2.92. The number of aromatic nitrogens is 1. The molecule has 9 heteroatoms. The largest absolute Gasteiger partial charge is 0.434 e. The summed E-state index contributed by atoms with van der Waals surface area (Å²) in [4.78, 5) is 10.1. The van der Waals surface area contributed by atoms with Gasteiger partial charge in [0, 0.05) is 31.9 Å². The van der Waals surface area contributed by atoms with Gasteiger partial charge in [-0.25, -0.2) is 4.98 Å². The minimum absolute atomic E-state index is 0.431. The predicted octanol–water partition coefficient (Wildman–Crippen LogP) is 2.60. The molecule has 0 saturated heterocycles. The summed E-state index contributed by atoms with van der Waals surface area (Å²) in [6.07, 6.45) is -2.94. The number of hydrogen-bond donors (Lipinski definition) is 2. The Morgan fingerprint density at radius 3 is 2.46 bits per heavy atom. The van der Waals surface area contributed by atoms with Crippen molar-refractivity contribution in [2.24, 2.45) is 4.99 Å². The van der Waals surface area contributed by atoms with Crippen LogP contribution in [0.25, 0.3) is 0 Å². The number of halogens is 3. The lowest BCUT2D eigenvalue weighted by atomic mass is 10.3. The van der Waals surface area contributed by atoms with E-state index in [4.69, 9.17) is 0 Å². The van der Waals surface area contributed by atoms with Gasteiger partial charge in [-0.05, 0) is 26.1 Å². The maximum Gasteiger partial charge on any atom is 0.434 e. The Morgan fingerprint density at radius 2 is 1.92 bits per heavy atom. The molecule has 0 aliphatic rings. The molecule has 0 bridgehead atoms. The molecule has 0 atom stereocenters. The first-order valence-corrected chi connectivity index (χ1v) is 8.97. The quantitative estimate of drug-likeness (QED) is 0.401. The van der Waals surface area contributed by atoms with Crippen molar-refractivity contribution in [3.05, 3.63) is 16.1 Å². The molecule has 5 nitrogen and oxygen atoms in total. The molecule has 0 aliphatic carbocycles. The van der Waals surface area contributed by atoms with Crippen molar-refractivity contribution >= 4 is 17.3 Å². The normalized spacial score (nSPS) is 12.7. The van der Waals surface area contributed by atoms with Crippen LogP contribution in [0.3, 0.4) is 0 Å². The summed E-state index contributed by atoms with van der Waals surface area (Å²) in [5, 5.41) is 7.81. The fraction of sp³-hybridized carbons (Fsp3) is 0.733. The highest BCUT2D eigenvalue weighted by Gasteiger charge is 2.33. The lowest BCUT2D eigenvalue weighted by molar-refractivity contribution is -0.140. The summed E-state index contributed by atoms with van der Waals surface area (Å²) in [6.45, 7) is 8.66. The Kier molecular flexibility index (Phi) is 9.05. The zero-order chi connectivity index (χ0) is 18.0. The Balaban J connectivity index is 2.26. The van der Waals surface area contributed by atoms with E-state index < -0.39 is 11.9 Å². The van der Waals surface area contributed by atoms with E-state index in [0.29, 0.717) is 23.9 Å². The van der Waals surface area contributed by atoms with Crippen molar-refractivity contribution in [2.75, 3.05) is 39.8 Å². The van der Waals surface area contributed by atoms with Gasteiger partial charge < -0.3 is 15.5 Å². The zero-order valence-corrected chi connectivity index (χ0v) is 15.2. The number of nitrogens with zero attached hydrogens (tertiary/aromatic N) is 3. The highest BCUT2D eigenvalue weighted by molar-refractivity contribution is 7.09. The standard InChI is InChI=1S/C15H26F3N5S/c1-4-23(5-2)10-6-8-20-14(19-3)21-9-7-13-22-12(11-24-13)15(16,17)18/h11H,4-10H2,1-3H3,(H2,19,20,21). The van der Waals surface area contributed by atoms with Crippen molar-refractivity contribution in [1.29, 1.82) is 0 Å². The smallest absolute Gasteiger partial charge is 0.356 e. The molecule has 1 heterocycles. The number of aliphatic imine (C=N–C) groups is 1. The molecule has 1 aromatic rings. The Hall–Kier alpha value is -1.35. The minimum atomic E-state index is -4.37. The van der Waals surface area contributed by atoms with Crippen LogP contribution in [0.2, 0.25) is 0 Å². The first-order chi connectivity index (χ1) is 11.4. The third-order valence-corrected chi connectivity index (χ3v) is 4.44. The molecule has 0 saturated carbocycles. The van der Waals surface area contributed by atoms with Crippen LogP contribution in [0, 0.1) is 0 Å². The molecule has 2 N–H and O–H groups in total. The van der Waals surface area contributed by atoms with E-state index in [1.165, 1.54) is 0 Å². The lowest BCUT2D eigenvalue weighted by Gasteiger charge is -2.18. The van der Waals surface area contributed by atoms with Gasteiger partial charge >= 0.3 is 6.18 Å². The SMILES string of the molecule is CCN(CC)CCCNC(=NC)NCCc1nc(C(F)(F)F)cs1. The molecule has 138 valence electrons. The Labute approximate surface area is 145 Å². The summed E-state index contributed by atoms with van der Waals surface area (Å²) in [5.41, 5.74) is -0.818. The maximum absolute atomic E-state index is 12.5. The van der Waals surface area contributed by atoms with E-state index in [0.717, 1.165) is 49.3 Å². The van der Waals surface area contributed by atoms with E-state index in [-0.39, 0.29) is 0 Å². The van der Waals surface area contributed by atoms with Gasteiger partial charge in [0.25, 0.3) is 0 Å². The third kappa shape index (κ3) is 7.48. The first kappa shape index (κ1) is 20.7. The third-order valence-electron chi connectivity index (χ3n) is 3.54. The Morgan fingerprint density at radius 1 is 1.25 bits per heavy atom. The van der Waals surface area contributed by atoms with Gasteiger partial charge in [-0.15, -0.1) is 11.3 Å². The van der Waals surface area contributed by atoms with Crippen molar-refractivity contribution in [3.8, 4) is 0 Å². The summed E-state index contributed by atoms with van der Waals surface area (Å²) < 4.78 is 37.4. The molecule has 0 amide bonds. The molecule has 1 aromatic heterocycles. The highest BCUT2D eigenvalue weighted by atomic mass is 32.1. The second-order valence-electron chi connectivity index (χ2n) is 5.18. The molecular weight excluding hydrogens is 339 g/mol. The van der Waals surface area contributed by atoms with Gasteiger partial charge in [-0.1, -0.05) is 13.8 Å². The molecule has 0 radical (unpaired) electrons. The molecule has 1 rings (SSSR count). The van der Waals surface area contributed by atoms with Crippen LogP contribution in [-0.4, -0.2) is 55.6 Å². The lowest BCUT2D eigenvalue weighted by Crippen LogP contribution is -2.39. The molecule has 0 spiro atoms. The first-order valence-electron chi connectivity index (χ1n) is 8.09. The summed E-state index contributed by atoms with van der Waals surface area (Å²) in [6, 6.07) is 0. The predicted molar refractivity (Wildman–Crippen MR) is 92.6 cm³/mol. The maximum atomic E-state index is 12.5. The van der Waals surface area contributed by atoms with Crippen LogP contribution >= 0.6 is 11.3 Å². The van der Waals surface area contributed by atoms with E-state index in [1.54, 1.807) is 7.05 Å². The van der Waals surface area contributed by atoms with Gasteiger partial charge in [0.2, 0.25) is 0 Å². The van der Waals surface area contributed by atoms with E-state index in [9.17, 15) is 13.2 Å². The van der Waals surface area contributed by atoms with Gasteiger partial charge in [-0.2, -0.15) is 13.2 Å². The molecule has 0 aromatic carbocycles. The number of thiazole rings is 1. The van der Waals surface area contributed by atoms with Crippen molar-refractivity contribution in [1.82, 2.24) is 20.5 Å². The van der Waals surface area contributed by atoms with Gasteiger partial charge in [0.05, 0.1) is 5.01 Å². The average molecular weight is 365 g/mol. The van der Waals surface area contributed by atoms with Crippen LogP contribution in [0.4, 0.5) is 13.2 Å². The van der Waals surface area contributed by atoms with Gasteiger partial charge in [-0.3, -0.25) is 4.99 Å². The monoisotopic (exact) mass is 365 g/mol. The van der Waals surface area contributed by atoms with E-state index in [2.05, 4.69) is 39.4 Å². The number of guanidine groups is 1. The summed E-state index contributed by atoms with van der Waals surface area (Å²) >= 11 is 1.03. The molecule has 0 aliphatic heterocycles. The number of nitrogens with one attached hydrogen (secondary N) is 2. The highest BCUT2D eigenvalue weighted by Crippen LogP contribution is 2.29. The van der Waals surface area contributed by atoms with Crippen molar-refractivity contribution in [3.63, 3.8) is 0 Å². The summed E-state index contributed by atoms with van der Waals surface area (Å²) in [7, 11) is 1.67. The molecule has 24 heavy (non-hydrogen) atoms. The second kappa shape index (κ2) is 10.5. The minimum Gasteiger partial charge on any atom is -0.356 e. The van der Waals surface area contributed by atoms with E-state index in [1.807, 2.05) is 0 Å². The average Bonchev–Trinajstić information content (AvgIpc) is 3.02. The van der Waals surface area contributed by atoms with Crippen LogP contribution in [0.15, 0.2) is 10.4 Å². The number of hydrogen-bond acceptors (Lipinski definition) is 4. The van der Waals surface area contributed by atoms with Crippen molar-refractivity contribution < 1.29 is 13.2 Å². The number of rotatable bonds is 9. The van der Waals surface area contributed by atoms with Gasteiger partial charge in [0.1, 0.15) is 0 Å². The Bertz CT molecular complexity index is 498. The van der Waals surface area contributed by atoms with Gasteiger partial charge in [0.15, 0.2) is 11.7 Å². The summed E-state index contributed by atoms with van der Waals surface area (Å²) in [5.74, 6) is 0.655. The molecule has 0 unspecified atom stereocenters. The second-order valence-corrected chi connectivity index (χ2v) is 6.12. The van der Waals surface area contributed by atoms with Crippen LogP contribution < -0.4 is 10.6 Å². The zero-order valence-electron chi connectivity index (χ0n) is 14.4. The molecular formula is C15H26F3N5S. The fourth-order valence-electron chi connectivity index (χ4n) is 2.11. The molecule has 0 fully saturated rings.